The van der Waals surface area contributed by atoms with Crippen LogP contribution >= 0.6 is 23.5 Å². The molecule has 2 unspecified atom stereocenters. The Bertz CT molecular complexity index is 1180. The van der Waals surface area contributed by atoms with Crippen molar-refractivity contribution in [3.63, 3.8) is 0 Å². The van der Waals surface area contributed by atoms with Crippen LogP contribution < -0.4 is 5.73 Å². The minimum Gasteiger partial charge on any atom is -0.387 e. The maximum Gasteiger partial charge on any atom is 0.490 e. The molecule has 22 heteroatoms. The first-order valence-corrected chi connectivity index (χ1v) is 12.9. The van der Waals surface area contributed by atoms with Crippen molar-refractivity contribution < 1.29 is 65.8 Å². The smallest absolute Gasteiger partial charge is 0.387 e. The number of ether oxygens (including phenoxy) is 1. The van der Waals surface area contributed by atoms with Gasteiger partial charge in [0, 0.05) is 0 Å². The van der Waals surface area contributed by atoms with Crippen molar-refractivity contribution in [1.29, 1.82) is 0 Å². The fraction of sp³-hybridized carbons (Fsp3) is 0.545. The second-order valence-electron chi connectivity index (χ2n) is 6.57. The molecule has 1 aliphatic heterocycles. The Morgan fingerprint density at radius 1 is 1.15 bits per heavy atom. The zero-order chi connectivity index (χ0) is 24.8. The molecule has 2 aromatic rings. The highest BCUT2D eigenvalue weighted by atomic mass is 31.3. The van der Waals surface area contributed by atoms with Crippen LogP contribution in [0.25, 0.3) is 11.2 Å². The van der Waals surface area contributed by atoms with Crippen LogP contribution in [-0.2, 0) is 31.6 Å². The molecule has 8 N–H and O–H groups in total. The van der Waals surface area contributed by atoms with Crippen molar-refractivity contribution in [2.24, 2.45) is 0 Å². The van der Waals surface area contributed by atoms with Crippen LogP contribution in [0, 0.1) is 0 Å². The van der Waals surface area contributed by atoms with Crippen LogP contribution in [0.15, 0.2) is 12.7 Å². The van der Waals surface area contributed by atoms with Crippen LogP contribution in [-0.4, -0.2) is 80.4 Å². The fourth-order valence-corrected chi connectivity index (χ4v) is 5.95. The lowest BCUT2D eigenvalue weighted by Crippen LogP contribution is -2.49. The number of halogens is 1. The van der Waals surface area contributed by atoms with E-state index in [-0.39, 0.29) is 17.0 Å². The van der Waals surface area contributed by atoms with Gasteiger partial charge in [0.05, 0.1) is 12.9 Å². The van der Waals surface area contributed by atoms with Gasteiger partial charge in [0.1, 0.15) is 30.7 Å². The van der Waals surface area contributed by atoms with E-state index in [9.17, 15) is 33.2 Å². The molecule has 6 atom stereocenters. The number of fused-ring (bicyclic) bond motifs is 1. The number of hydrogen-bond donors (Lipinski definition) is 7. The lowest BCUT2D eigenvalue weighted by Gasteiger charge is -2.28. The number of nitrogen functional groups attached to an aromatic ring is 1. The highest BCUT2D eigenvalue weighted by molar-refractivity contribution is 7.66. The average Bonchev–Trinajstić information content (AvgIpc) is 3.18. The minimum absolute atomic E-state index is 0.0138. The van der Waals surface area contributed by atoms with Gasteiger partial charge in [0.2, 0.25) is 0 Å². The number of anilines is 1. The maximum atomic E-state index is 13.8. The standard InChI is InChI=1S/C11H17FN5O13P3/c12-2-11(19)7(18)5(1-27-32(23,24)30-33(25,26)29-31(20,21)22)28-10(11)17-4-16-6-8(13)14-3-15-9(6)17/h3-5,7,10,18-19H,1-2H2,(H,23,24)(H,25,26)(H2,13,14,15)(H2,20,21,22)/t5-,7-,10-,11-/m1/s1. The third kappa shape index (κ3) is 5.63. The van der Waals surface area contributed by atoms with E-state index in [0.717, 1.165) is 17.2 Å². The summed E-state index contributed by atoms with van der Waals surface area (Å²) in [5, 5.41) is 21.0. The van der Waals surface area contributed by atoms with Gasteiger partial charge in [-0.2, -0.15) is 8.62 Å². The van der Waals surface area contributed by atoms with Crippen LogP contribution in [0.1, 0.15) is 6.23 Å². The summed E-state index contributed by atoms with van der Waals surface area (Å²) in [5.74, 6) is -0.0507. The molecule has 2 aromatic heterocycles. The number of aliphatic hydroxyl groups excluding tert-OH is 1. The molecular weight excluding hydrogens is 522 g/mol. The van der Waals surface area contributed by atoms with Gasteiger partial charge in [0.15, 0.2) is 23.3 Å². The highest BCUT2D eigenvalue weighted by Crippen LogP contribution is 2.66. The Morgan fingerprint density at radius 3 is 2.42 bits per heavy atom. The number of phosphoric acid groups is 3. The normalized spacial score (nSPS) is 29.7. The van der Waals surface area contributed by atoms with E-state index >= 15 is 0 Å². The van der Waals surface area contributed by atoms with Gasteiger partial charge >= 0.3 is 23.5 Å². The van der Waals surface area contributed by atoms with E-state index in [2.05, 4.69) is 28.1 Å². The number of imidazole rings is 1. The number of nitrogens with two attached hydrogens (primary N) is 1. The van der Waals surface area contributed by atoms with Crippen LogP contribution in [0.3, 0.4) is 0 Å². The topological polar surface area (TPSA) is 279 Å². The Hall–Kier alpha value is -1.43. The van der Waals surface area contributed by atoms with Gasteiger partial charge in [-0.1, -0.05) is 0 Å². The first-order chi connectivity index (χ1) is 15.1. The molecular formula is C11H17FN5O13P3. The van der Waals surface area contributed by atoms with Gasteiger partial charge in [-0.3, -0.25) is 9.09 Å². The van der Waals surface area contributed by atoms with Gasteiger partial charge in [-0.05, 0) is 0 Å². The van der Waals surface area contributed by atoms with E-state index in [1.807, 2.05) is 0 Å². The van der Waals surface area contributed by atoms with Crippen LogP contribution in [0.5, 0.6) is 0 Å². The zero-order valence-corrected chi connectivity index (χ0v) is 18.6. The van der Waals surface area contributed by atoms with E-state index in [4.69, 9.17) is 25.2 Å². The SMILES string of the molecule is Nc1ncnc2c1ncn2[C@@H]1O[C@H](COP(=O)(O)OP(=O)(O)OP(=O)(O)O)[C@@H](O)[C@]1(O)CF. The molecule has 0 aliphatic carbocycles. The molecule has 0 spiro atoms. The Balaban J connectivity index is 1.78. The van der Waals surface area contributed by atoms with Gasteiger partial charge in [0.25, 0.3) is 0 Å². The summed E-state index contributed by atoms with van der Waals surface area (Å²) in [7, 11) is -16.9. The highest BCUT2D eigenvalue weighted by Gasteiger charge is 2.57. The molecule has 3 rings (SSSR count). The maximum absolute atomic E-state index is 13.8. The quantitative estimate of drug-likeness (QED) is 0.182. The number of aromatic nitrogens is 4. The summed E-state index contributed by atoms with van der Waals surface area (Å²) >= 11 is 0. The molecule has 1 saturated heterocycles. The molecule has 0 bridgehead atoms. The summed E-state index contributed by atoms with van der Waals surface area (Å²) in [6.45, 7) is -2.71. The Kier molecular flexibility index (Phi) is 7.12. The van der Waals surface area contributed by atoms with Crippen molar-refractivity contribution in [1.82, 2.24) is 19.5 Å². The summed E-state index contributed by atoms with van der Waals surface area (Å²) in [6.07, 6.45) is -3.42. The van der Waals surface area contributed by atoms with E-state index in [0.29, 0.717) is 0 Å². The molecule has 0 saturated carbocycles. The number of rotatable bonds is 9. The number of nitrogens with zero attached hydrogens (tertiary/aromatic N) is 4. The first kappa shape index (κ1) is 26.2. The first-order valence-electron chi connectivity index (χ1n) is 8.42. The van der Waals surface area contributed by atoms with Crippen LogP contribution in [0.2, 0.25) is 0 Å². The fourth-order valence-electron chi connectivity index (χ4n) is 2.92. The summed E-state index contributed by atoms with van der Waals surface area (Å²) in [6, 6.07) is 0. The number of alkyl halides is 1. The number of phosphoric ester groups is 1. The summed E-state index contributed by atoms with van der Waals surface area (Å²) in [4.78, 5) is 47.2. The minimum atomic E-state index is -5.78. The predicted molar refractivity (Wildman–Crippen MR) is 100 cm³/mol. The summed E-state index contributed by atoms with van der Waals surface area (Å²) < 4.78 is 65.5. The molecule has 0 aromatic carbocycles. The second-order valence-corrected chi connectivity index (χ2v) is 11.0. The molecule has 1 aliphatic rings. The molecule has 186 valence electrons. The Morgan fingerprint density at radius 2 is 1.82 bits per heavy atom. The molecule has 33 heavy (non-hydrogen) atoms. The lowest BCUT2D eigenvalue weighted by molar-refractivity contribution is -0.118. The average molecular weight is 539 g/mol. The van der Waals surface area contributed by atoms with Crippen molar-refractivity contribution in [2.75, 3.05) is 19.0 Å². The molecule has 1 fully saturated rings. The van der Waals surface area contributed by atoms with Gasteiger partial charge < -0.3 is 40.3 Å². The third-order valence-electron chi connectivity index (χ3n) is 4.27. The van der Waals surface area contributed by atoms with Crippen molar-refractivity contribution in [2.45, 2.75) is 24.0 Å². The van der Waals surface area contributed by atoms with E-state index < -0.39 is 60.8 Å². The third-order valence-corrected chi connectivity index (χ3v) is 8.07. The molecule has 0 amide bonds. The largest absolute Gasteiger partial charge is 0.490 e. The lowest BCUT2D eigenvalue weighted by atomic mass is 9.95. The second kappa shape index (κ2) is 8.98. The van der Waals surface area contributed by atoms with Crippen LogP contribution in [0.4, 0.5) is 10.2 Å². The van der Waals surface area contributed by atoms with Crippen molar-refractivity contribution in [3.05, 3.63) is 12.7 Å². The van der Waals surface area contributed by atoms with Crippen molar-refractivity contribution in [3.8, 4) is 0 Å². The molecule has 0 radical (unpaired) electrons. The number of hydrogen-bond acceptors (Lipinski definition) is 13. The van der Waals surface area contributed by atoms with Gasteiger partial charge in [-0.25, -0.2) is 33.0 Å². The van der Waals surface area contributed by atoms with Crippen molar-refractivity contribution >= 4 is 40.4 Å². The summed E-state index contributed by atoms with van der Waals surface area (Å²) in [5.41, 5.74) is 3.07. The predicted octanol–water partition coefficient (Wildman–Crippen LogP) is -1.29. The molecule has 18 nitrogen and oxygen atoms in total. The zero-order valence-electron chi connectivity index (χ0n) is 15.9. The van der Waals surface area contributed by atoms with Gasteiger partial charge in [-0.15, -0.1) is 0 Å². The van der Waals surface area contributed by atoms with E-state index in [1.54, 1.807) is 0 Å². The monoisotopic (exact) mass is 539 g/mol. The van der Waals surface area contributed by atoms with E-state index in [1.165, 1.54) is 0 Å². The Labute approximate surface area is 182 Å². The number of aliphatic hydroxyl groups is 2. The molecule has 3 heterocycles.